The molecule has 2 unspecified atom stereocenters. The molecule has 0 aliphatic carbocycles. The first kappa shape index (κ1) is 12.8. The Balaban J connectivity index is 2.53. The van der Waals surface area contributed by atoms with Crippen molar-refractivity contribution in [2.45, 2.75) is 44.4 Å². The van der Waals surface area contributed by atoms with E-state index in [2.05, 4.69) is 19.2 Å². The third-order valence-corrected chi connectivity index (χ3v) is 4.59. The van der Waals surface area contributed by atoms with E-state index in [1.54, 1.807) is 11.8 Å². The van der Waals surface area contributed by atoms with E-state index in [-0.39, 0.29) is 16.7 Å². The van der Waals surface area contributed by atoms with Crippen LogP contribution in [-0.4, -0.2) is 29.0 Å². The summed E-state index contributed by atoms with van der Waals surface area (Å²) < 4.78 is -0.220. The highest BCUT2D eigenvalue weighted by Gasteiger charge is 2.38. The number of hydrogen-bond donors (Lipinski definition) is 2. The summed E-state index contributed by atoms with van der Waals surface area (Å²) in [6, 6.07) is 0.107. The predicted molar refractivity (Wildman–Crippen MR) is 65.9 cm³/mol. The second kappa shape index (κ2) is 5.21. The average Bonchev–Trinajstić information content (AvgIpc) is 2.61. The van der Waals surface area contributed by atoms with Gasteiger partial charge in [0.1, 0.15) is 0 Å². The van der Waals surface area contributed by atoms with Gasteiger partial charge in [0.05, 0.1) is 4.75 Å². The normalized spacial score (nSPS) is 28.1. The number of thioether (sulfide) groups is 1. The van der Waals surface area contributed by atoms with Crippen LogP contribution in [0.3, 0.4) is 0 Å². The van der Waals surface area contributed by atoms with Crippen molar-refractivity contribution in [3.8, 4) is 0 Å². The molecule has 0 aromatic carbocycles. The molecule has 1 saturated heterocycles. The van der Waals surface area contributed by atoms with Crippen molar-refractivity contribution in [2.75, 3.05) is 12.3 Å². The van der Waals surface area contributed by atoms with E-state index in [0.717, 1.165) is 18.6 Å². The van der Waals surface area contributed by atoms with Crippen LogP contribution in [0.1, 0.15) is 33.6 Å². The quantitative estimate of drug-likeness (QED) is 0.767. The largest absolute Gasteiger partial charge is 0.351 e. The van der Waals surface area contributed by atoms with Crippen molar-refractivity contribution in [2.24, 2.45) is 11.7 Å². The number of nitrogens with one attached hydrogen (secondary N) is 1. The molecule has 0 saturated carbocycles. The zero-order chi connectivity index (χ0) is 11.5. The number of amides is 1. The SMILES string of the molecule is CC(C)C(CN)NC(=O)C1(C)CCCS1. The summed E-state index contributed by atoms with van der Waals surface area (Å²) in [4.78, 5) is 12.1. The van der Waals surface area contributed by atoms with Crippen molar-refractivity contribution in [3.63, 3.8) is 0 Å². The first-order valence-corrected chi connectivity index (χ1v) is 6.63. The first-order chi connectivity index (χ1) is 6.99. The van der Waals surface area contributed by atoms with E-state index in [9.17, 15) is 4.79 Å². The van der Waals surface area contributed by atoms with Crippen molar-refractivity contribution in [3.05, 3.63) is 0 Å². The molecule has 0 aromatic rings. The first-order valence-electron chi connectivity index (χ1n) is 5.64. The van der Waals surface area contributed by atoms with Gasteiger partial charge in [-0.05, 0) is 31.4 Å². The van der Waals surface area contributed by atoms with Crippen LogP contribution in [0.25, 0.3) is 0 Å². The lowest BCUT2D eigenvalue weighted by Crippen LogP contribution is -2.50. The Bertz CT molecular complexity index is 225. The number of hydrogen-bond acceptors (Lipinski definition) is 3. The van der Waals surface area contributed by atoms with Crippen molar-refractivity contribution < 1.29 is 4.79 Å². The molecule has 0 aromatic heterocycles. The van der Waals surface area contributed by atoms with Crippen molar-refractivity contribution in [1.82, 2.24) is 5.32 Å². The molecule has 0 bridgehead atoms. The van der Waals surface area contributed by atoms with Gasteiger partial charge in [0.2, 0.25) is 5.91 Å². The summed E-state index contributed by atoms with van der Waals surface area (Å²) in [5.41, 5.74) is 5.64. The minimum absolute atomic E-state index is 0.107. The van der Waals surface area contributed by atoms with Gasteiger partial charge >= 0.3 is 0 Å². The predicted octanol–water partition coefficient (Wildman–Crippen LogP) is 1.37. The Hall–Kier alpha value is -0.220. The molecule has 1 fully saturated rings. The molecule has 1 aliphatic heterocycles. The maximum Gasteiger partial charge on any atom is 0.236 e. The number of carbonyl (C=O) groups excluding carboxylic acids is 1. The van der Waals surface area contributed by atoms with Crippen LogP contribution in [0.15, 0.2) is 0 Å². The van der Waals surface area contributed by atoms with Gasteiger partial charge < -0.3 is 11.1 Å². The summed E-state index contributed by atoms with van der Waals surface area (Å²) in [6.07, 6.45) is 2.13. The molecular weight excluding hydrogens is 208 g/mol. The van der Waals surface area contributed by atoms with Crippen molar-refractivity contribution in [1.29, 1.82) is 0 Å². The van der Waals surface area contributed by atoms with E-state index >= 15 is 0 Å². The average molecular weight is 230 g/mol. The van der Waals surface area contributed by atoms with Gasteiger partial charge in [-0.15, -0.1) is 11.8 Å². The minimum atomic E-state index is -0.220. The Morgan fingerprint density at radius 3 is 2.67 bits per heavy atom. The fourth-order valence-corrected chi connectivity index (χ4v) is 2.99. The van der Waals surface area contributed by atoms with Crippen LogP contribution in [0, 0.1) is 5.92 Å². The molecule has 88 valence electrons. The molecule has 4 heteroatoms. The number of rotatable bonds is 4. The highest BCUT2D eigenvalue weighted by atomic mass is 32.2. The Kier molecular flexibility index (Phi) is 4.46. The van der Waals surface area contributed by atoms with Crippen LogP contribution in [-0.2, 0) is 4.79 Å². The highest BCUT2D eigenvalue weighted by Crippen LogP contribution is 2.37. The molecule has 0 spiro atoms. The summed E-state index contributed by atoms with van der Waals surface area (Å²) in [5, 5.41) is 3.06. The highest BCUT2D eigenvalue weighted by molar-refractivity contribution is 8.01. The smallest absolute Gasteiger partial charge is 0.236 e. The standard InChI is InChI=1S/C11H22N2OS/c1-8(2)9(7-12)13-10(14)11(3)5-4-6-15-11/h8-9H,4-7,12H2,1-3H3,(H,13,14). The monoisotopic (exact) mass is 230 g/mol. The molecule has 1 aliphatic rings. The molecule has 1 amide bonds. The maximum atomic E-state index is 12.1. The van der Waals surface area contributed by atoms with E-state index in [4.69, 9.17) is 5.73 Å². The summed E-state index contributed by atoms with van der Waals surface area (Å²) in [7, 11) is 0. The molecule has 3 N–H and O–H groups in total. The molecule has 3 nitrogen and oxygen atoms in total. The number of carbonyl (C=O) groups is 1. The van der Waals surface area contributed by atoms with Crippen LogP contribution in [0.4, 0.5) is 0 Å². The number of nitrogens with two attached hydrogens (primary N) is 1. The fourth-order valence-electron chi connectivity index (χ4n) is 1.78. The molecule has 15 heavy (non-hydrogen) atoms. The van der Waals surface area contributed by atoms with Crippen LogP contribution >= 0.6 is 11.8 Å². The summed E-state index contributed by atoms with van der Waals surface area (Å²) in [5.74, 6) is 1.65. The second-order valence-corrected chi connectivity index (χ2v) is 6.34. The summed E-state index contributed by atoms with van der Waals surface area (Å²) >= 11 is 1.76. The van der Waals surface area contributed by atoms with Gasteiger partial charge in [-0.25, -0.2) is 0 Å². The van der Waals surface area contributed by atoms with Gasteiger partial charge in [-0.3, -0.25) is 4.79 Å². The van der Waals surface area contributed by atoms with E-state index in [0.29, 0.717) is 12.5 Å². The zero-order valence-electron chi connectivity index (χ0n) is 9.88. The molecule has 0 radical (unpaired) electrons. The molecule has 1 rings (SSSR count). The van der Waals surface area contributed by atoms with Gasteiger partial charge in [0, 0.05) is 12.6 Å². The topological polar surface area (TPSA) is 55.1 Å². The lowest BCUT2D eigenvalue weighted by Gasteiger charge is -2.27. The van der Waals surface area contributed by atoms with Gasteiger partial charge in [-0.2, -0.15) is 0 Å². The Morgan fingerprint density at radius 2 is 2.27 bits per heavy atom. The summed E-state index contributed by atoms with van der Waals surface area (Å²) in [6.45, 7) is 6.72. The minimum Gasteiger partial charge on any atom is -0.351 e. The second-order valence-electron chi connectivity index (χ2n) is 4.74. The molecule has 2 atom stereocenters. The van der Waals surface area contributed by atoms with Gasteiger partial charge in [0.15, 0.2) is 0 Å². The van der Waals surface area contributed by atoms with E-state index < -0.39 is 0 Å². The van der Waals surface area contributed by atoms with Gasteiger partial charge in [0.25, 0.3) is 0 Å². The Labute approximate surface area is 96.6 Å². The van der Waals surface area contributed by atoms with Crippen LogP contribution in [0.2, 0.25) is 0 Å². The fraction of sp³-hybridized carbons (Fsp3) is 0.909. The molecular formula is C11H22N2OS. The van der Waals surface area contributed by atoms with E-state index in [1.165, 1.54) is 0 Å². The van der Waals surface area contributed by atoms with E-state index in [1.807, 2.05) is 6.92 Å². The lowest BCUT2D eigenvalue weighted by molar-refractivity contribution is -0.124. The lowest BCUT2D eigenvalue weighted by atomic mass is 10.0. The Morgan fingerprint density at radius 1 is 1.60 bits per heavy atom. The third kappa shape index (κ3) is 3.11. The maximum absolute atomic E-state index is 12.1. The van der Waals surface area contributed by atoms with Crippen LogP contribution < -0.4 is 11.1 Å². The zero-order valence-corrected chi connectivity index (χ0v) is 10.7. The molecule has 1 heterocycles. The van der Waals surface area contributed by atoms with Crippen molar-refractivity contribution >= 4 is 17.7 Å². The van der Waals surface area contributed by atoms with Gasteiger partial charge in [-0.1, -0.05) is 13.8 Å². The third-order valence-electron chi connectivity index (χ3n) is 3.07. The van der Waals surface area contributed by atoms with Crippen LogP contribution in [0.5, 0.6) is 0 Å².